The summed E-state index contributed by atoms with van der Waals surface area (Å²) in [6.45, 7) is -2.36. The first kappa shape index (κ1) is 20.9. The van der Waals surface area contributed by atoms with Crippen LogP contribution in [0.15, 0.2) is 30.3 Å². The molecule has 27 heavy (non-hydrogen) atoms. The highest BCUT2D eigenvalue weighted by Crippen LogP contribution is 2.26. The van der Waals surface area contributed by atoms with Crippen LogP contribution in [0.25, 0.3) is 0 Å². The minimum atomic E-state index is -2.18. The van der Waals surface area contributed by atoms with E-state index in [4.69, 9.17) is 45.6 Å². The van der Waals surface area contributed by atoms with Gasteiger partial charge in [0.1, 0.15) is 30.9 Å². The zero-order valence-electron chi connectivity index (χ0n) is 14.9. The van der Waals surface area contributed by atoms with Crippen LogP contribution in [-0.4, -0.2) is 69.0 Å². The number of alkyl halides is 3. The van der Waals surface area contributed by atoms with Crippen LogP contribution in [0, 0.1) is 0 Å². The number of halogens is 3. The largest absolute Gasteiger partial charge is 0.445 e. The predicted molar refractivity (Wildman–Crippen MR) is 97.6 cm³/mol. The van der Waals surface area contributed by atoms with Crippen molar-refractivity contribution in [3.63, 3.8) is 0 Å². The molecule has 6 atom stereocenters. The quantitative estimate of drug-likeness (QED) is 0.485. The summed E-state index contributed by atoms with van der Waals surface area (Å²) in [7, 11) is 0. The van der Waals surface area contributed by atoms with Crippen LogP contribution in [-0.2, 0) is 20.8 Å². The van der Waals surface area contributed by atoms with E-state index in [1.165, 1.54) is 0 Å². The zero-order valence-corrected chi connectivity index (χ0v) is 16.1. The maximum Gasteiger partial charge on any atom is 0.407 e. The van der Waals surface area contributed by atoms with Crippen molar-refractivity contribution in [1.29, 1.82) is 0 Å². The molecule has 1 aromatic carbocycles. The van der Waals surface area contributed by atoms with Crippen molar-refractivity contribution >= 4 is 40.9 Å². The average Bonchev–Trinajstić information content (AvgIpc) is 2.64. The molecule has 1 amide bonds. The Morgan fingerprint density at radius 1 is 1.30 bits per heavy atom. The van der Waals surface area contributed by atoms with Gasteiger partial charge >= 0.3 is 6.09 Å². The van der Waals surface area contributed by atoms with Crippen LogP contribution in [0.3, 0.4) is 0 Å². The van der Waals surface area contributed by atoms with E-state index in [1.54, 1.807) is 24.3 Å². The van der Waals surface area contributed by atoms with E-state index in [0.29, 0.717) is 0 Å². The number of aliphatic hydroxyl groups is 3. The molecule has 152 valence electrons. The van der Waals surface area contributed by atoms with Gasteiger partial charge in [0.15, 0.2) is 6.29 Å². The molecule has 0 spiro atoms. The maximum absolute atomic E-state index is 12.0. The van der Waals surface area contributed by atoms with Gasteiger partial charge in [0.05, 0.1) is 14.6 Å². The van der Waals surface area contributed by atoms with Gasteiger partial charge in [-0.3, -0.25) is 0 Å². The van der Waals surface area contributed by atoms with Gasteiger partial charge in [-0.05, 0) is 5.56 Å². The summed E-state index contributed by atoms with van der Waals surface area (Å²) in [4.78, 5) is 12.0. The molecule has 11 heteroatoms. The molecule has 0 aliphatic carbocycles. The summed E-state index contributed by atoms with van der Waals surface area (Å²) in [5, 5.41) is 32.1. The van der Waals surface area contributed by atoms with E-state index in [0.717, 1.165) is 5.56 Å². The SMILES string of the molecule is [2H]C(OC(=O)N[C@H]1C(O)O[C@H](CO)[C@@H](O)[C@@H]1OCc1ccccc1)C(Cl)(Cl)Cl. The summed E-state index contributed by atoms with van der Waals surface area (Å²) in [6, 6.07) is 7.70. The number of hydrogen-bond acceptors (Lipinski definition) is 7. The topological polar surface area (TPSA) is 117 Å². The molecule has 0 bridgehead atoms. The van der Waals surface area contributed by atoms with Crippen molar-refractivity contribution in [1.82, 2.24) is 5.32 Å². The third-order valence-corrected chi connectivity index (χ3v) is 4.01. The first-order valence-corrected chi connectivity index (χ1v) is 9.01. The normalized spacial score (nSPS) is 30.3. The Bertz CT molecular complexity index is 636. The molecule has 0 saturated carbocycles. The smallest absolute Gasteiger partial charge is 0.407 e. The van der Waals surface area contributed by atoms with E-state index in [9.17, 15) is 20.1 Å². The number of alkyl carbamates (subject to hydrolysis) is 1. The highest BCUT2D eigenvalue weighted by Gasteiger charge is 2.46. The van der Waals surface area contributed by atoms with Crippen molar-refractivity contribution in [2.45, 2.75) is 41.0 Å². The number of amides is 1. The summed E-state index contributed by atoms with van der Waals surface area (Å²) < 4.78 is 20.7. The van der Waals surface area contributed by atoms with Gasteiger partial charge < -0.3 is 34.8 Å². The van der Waals surface area contributed by atoms with E-state index < -0.39 is 53.7 Å². The van der Waals surface area contributed by atoms with Crippen molar-refractivity contribution < 1.29 is 35.7 Å². The molecule has 0 radical (unpaired) electrons. The fraction of sp³-hybridized carbons (Fsp3) is 0.562. The van der Waals surface area contributed by atoms with Crippen molar-refractivity contribution in [2.24, 2.45) is 0 Å². The number of benzene rings is 1. The predicted octanol–water partition coefficient (Wildman–Crippen LogP) is 1.11. The van der Waals surface area contributed by atoms with Gasteiger partial charge in [-0.25, -0.2) is 4.79 Å². The Labute approximate surface area is 172 Å². The lowest BCUT2D eigenvalue weighted by atomic mass is 9.97. The lowest BCUT2D eigenvalue weighted by Gasteiger charge is -2.42. The number of carbonyl (C=O) groups is 1. The maximum atomic E-state index is 12.0. The van der Waals surface area contributed by atoms with Gasteiger partial charge in [0, 0.05) is 0 Å². The van der Waals surface area contributed by atoms with Crippen LogP contribution in [0.2, 0.25) is 0 Å². The third kappa shape index (κ3) is 6.92. The number of hydrogen-bond donors (Lipinski definition) is 4. The number of nitrogens with one attached hydrogen (secondary N) is 1. The minimum absolute atomic E-state index is 0.0515. The molecule has 2 rings (SSSR count). The van der Waals surface area contributed by atoms with Crippen molar-refractivity contribution in [3.8, 4) is 0 Å². The highest BCUT2D eigenvalue weighted by molar-refractivity contribution is 6.67. The van der Waals surface area contributed by atoms with Crippen LogP contribution in [0.1, 0.15) is 6.93 Å². The average molecular weight is 446 g/mol. The summed E-state index contributed by atoms with van der Waals surface area (Å²) in [5.41, 5.74) is 0.778. The first-order valence-electron chi connectivity index (χ1n) is 8.45. The van der Waals surface area contributed by atoms with E-state index in [-0.39, 0.29) is 6.61 Å². The molecule has 1 heterocycles. The van der Waals surface area contributed by atoms with Gasteiger partial charge in [-0.15, -0.1) is 0 Å². The lowest BCUT2D eigenvalue weighted by molar-refractivity contribution is -0.263. The van der Waals surface area contributed by atoms with Crippen LogP contribution >= 0.6 is 34.8 Å². The van der Waals surface area contributed by atoms with Crippen molar-refractivity contribution in [2.75, 3.05) is 13.2 Å². The summed E-state index contributed by atoms with van der Waals surface area (Å²) in [6.07, 6.45) is -6.49. The Morgan fingerprint density at radius 2 is 1.96 bits per heavy atom. The molecule has 4 N–H and O–H groups in total. The molecule has 8 nitrogen and oxygen atoms in total. The molecular weight excluding hydrogens is 425 g/mol. The third-order valence-electron chi connectivity index (χ3n) is 3.74. The molecule has 1 aliphatic heterocycles. The second-order valence-electron chi connectivity index (χ2n) is 5.73. The summed E-state index contributed by atoms with van der Waals surface area (Å²) in [5.74, 6) is 0. The van der Waals surface area contributed by atoms with Gasteiger partial charge in [-0.2, -0.15) is 0 Å². The number of ether oxygens (including phenoxy) is 3. The van der Waals surface area contributed by atoms with Gasteiger partial charge in [-0.1, -0.05) is 65.1 Å². The second-order valence-corrected chi connectivity index (χ2v) is 8.10. The molecule has 2 unspecified atom stereocenters. The van der Waals surface area contributed by atoms with Crippen LogP contribution < -0.4 is 5.32 Å². The second kappa shape index (κ2) is 10.1. The van der Waals surface area contributed by atoms with E-state index in [2.05, 4.69) is 10.1 Å². The van der Waals surface area contributed by atoms with E-state index >= 15 is 0 Å². The Morgan fingerprint density at radius 3 is 2.56 bits per heavy atom. The highest BCUT2D eigenvalue weighted by atomic mass is 35.6. The number of carbonyl (C=O) groups excluding carboxylic acids is 1. The molecule has 1 aromatic rings. The Kier molecular flexibility index (Phi) is 7.80. The molecule has 1 aliphatic rings. The Hall–Kier alpha value is -0.840. The van der Waals surface area contributed by atoms with Crippen molar-refractivity contribution in [3.05, 3.63) is 35.9 Å². The number of aliphatic hydroxyl groups excluding tert-OH is 3. The monoisotopic (exact) mass is 444 g/mol. The van der Waals surface area contributed by atoms with Gasteiger partial charge in [0.25, 0.3) is 0 Å². The zero-order chi connectivity index (χ0) is 20.9. The molecular formula is C16H20Cl3NO7. The number of rotatable bonds is 6. The Balaban J connectivity index is 2.09. The fourth-order valence-electron chi connectivity index (χ4n) is 2.49. The van der Waals surface area contributed by atoms with E-state index in [1.807, 2.05) is 6.07 Å². The molecule has 0 aromatic heterocycles. The lowest BCUT2D eigenvalue weighted by Crippen LogP contribution is -2.65. The van der Waals surface area contributed by atoms with Gasteiger partial charge in [0.2, 0.25) is 3.79 Å². The first-order chi connectivity index (χ1) is 13.1. The molecule has 1 fully saturated rings. The molecule has 1 saturated heterocycles. The van der Waals surface area contributed by atoms with Crippen LogP contribution in [0.4, 0.5) is 4.79 Å². The minimum Gasteiger partial charge on any atom is -0.445 e. The summed E-state index contributed by atoms with van der Waals surface area (Å²) >= 11 is 16.4. The standard InChI is InChI=1S/C16H20Cl3NO7/c17-16(18,19)8-26-15(24)20-11-13(12(22)10(6-21)27-14(11)23)25-7-9-4-2-1-3-5-9/h1-5,10-14,21-23H,6-8H2,(H,20,24)/t10-,11-,12-,13-,14?/m1/s1/i8D/t8?,10-,11-,12-,13-,14?. The van der Waals surface area contributed by atoms with Crippen LogP contribution in [0.5, 0.6) is 0 Å². The fourth-order valence-corrected chi connectivity index (χ4v) is 2.63.